The topological polar surface area (TPSA) is 51.6 Å². The van der Waals surface area contributed by atoms with Gasteiger partial charge in [-0.15, -0.1) is 5.92 Å². The van der Waals surface area contributed by atoms with Crippen LogP contribution in [0.3, 0.4) is 0 Å². The van der Waals surface area contributed by atoms with Crippen molar-refractivity contribution in [3.8, 4) is 11.8 Å². The molecule has 0 fully saturated rings. The Kier molecular flexibility index (Phi) is 2.68. The van der Waals surface area contributed by atoms with Crippen LogP contribution in [0.1, 0.15) is 29.4 Å². The summed E-state index contributed by atoms with van der Waals surface area (Å²) in [5, 5.41) is 0. The summed E-state index contributed by atoms with van der Waals surface area (Å²) in [7, 11) is 0. The monoisotopic (exact) mass is 268 g/mol. The number of benzene rings is 1. The maximum absolute atomic E-state index is 4.66. The summed E-state index contributed by atoms with van der Waals surface area (Å²) in [6, 6.07) is 0. The standard InChI is InChI=1S/C14H12N4S/c1-5-6-10-13-11(15-8(3)9(4)16-13)7(2)12-14(10)18-19-17-12/h1-4H3. The first-order valence-corrected chi connectivity index (χ1v) is 6.69. The summed E-state index contributed by atoms with van der Waals surface area (Å²) in [5.41, 5.74) is 7.14. The van der Waals surface area contributed by atoms with Crippen molar-refractivity contribution in [2.24, 2.45) is 0 Å². The number of fused-ring (bicyclic) bond motifs is 2. The molecule has 5 heteroatoms. The van der Waals surface area contributed by atoms with Crippen molar-refractivity contribution in [3.63, 3.8) is 0 Å². The van der Waals surface area contributed by atoms with Gasteiger partial charge in [0.2, 0.25) is 0 Å². The largest absolute Gasteiger partial charge is 0.249 e. The lowest BCUT2D eigenvalue weighted by Gasteiger charge is -2.07. The maximum Gasteiger partial charge on any atom is 0.123 e. The number of aryl methyl sites for hydroxylation is 3. The zero-order valence-corrected chi connectivity index (χ0v) is 12.0. The summed E-state index contributed by atoms with van der Waals surface area (Å²) in [6.07, 6.45) is 0. The predicted octanol–water partition coefficient (Wildman–Crippen LogP) is 2.93. The van der Waals surface area contributed by atoms with E-state index in [-0.39, 0.29) is 0 Å². The van der Waals surface area contributed by atoms with Crippen molar-refractivity contribution in [1.82, 2.24) is 18.7 Å². The fraction of sp³-hybridized carbons (Fsp3) is 0.286. The van der Waals surface area contributed by atoms with E-state index in [1.165, 1.54) is 11.7 Å². The van der Waals surface area contributed by atoms with Crippen LogP contribution in [0, 0.1) is 32.6 Å². The molecule has 4 nitrogen and oxygen atoms in total. The molecule has 2 heterocycles. The molecule has 0 unspecified atom stereocenters. The third-order valence-corrected chi connectivity index (χ3v) is 3.76. The van der Waals surface area contributed by atoms with Crippen molar-refractivity contribution < 1.29 is 0 Å². The molecular weight excluding hydrogens is 256 g/mol. The molecule has 3 aromatic rings. The van der Waals surface area contributed by atoms with Gasteiger partial charge in [0.1, 0.15) is 16.6 Å². The van der Waals surface area contributed by atoms with Gasteiger partial charge in [-0.1, -0.05) is 5.92 Å². The quantitative estimate of drug-likeness (QED) is 0.588. The van der Waals surface area contributed by atoms with E-state index in [0.29, 0.717) is 0 Å². The minimum atomic E-state index is 0.829. The third kappa shape index (κ3) is 1.68. The van der Waals surface area contributed by atoms with Gasteiger partial charge in [-0.05, 0) is 27.7 Å². The molecule has 0 saturated heterocycles. The van der Waals surface area contributed by atoms with E-state index >= 15 is 0 Å². The minimum absolute atomic E-state index is 0.829. The van der Waals surface area contributed by atoms with Gasteiger partial charge in [-0.3, -0.25) is 0 Å². The van der Waals surface area contributed by atoms with Crippen LogP contribution in [0.5, 0.6) is 0 Å². The van der Waals surface area contributed by atoms with Crippen LogP contribution in [-0.4, -0.2) is 18.7 Å². The zero-order chi connectivity index (χ0) is 13.6. The molecule has 0 amide bonds. The third-order valence-electron chi connectivity index (χ3n) is 3.23. The van der Waals surface area contributed by atoms with Crippen LogP contribution in [0.2, 0.25) is 0 Å². The second kappa shape index (κ2) is 4.25. The van der Waals surface area contributed by atoms with Gasteiger partial charge >= 0.3 is 0 Å². The molecule has 0 bridgehead atoms. The molecule has 0 radical (unpaired) electrons. The van der Waals surface area contributed by atoms with Gasteiger partial charge in [0.05, 0.1) is 34.2 Å². The van der Waals surface area contributed by atoms with E-state index in [1.807, 2.05) is 27.7 Å². The van der Waals surface area contributed by atoms with Crippen molar-refractivity contribution in [2.45, 2.75) is 27.7 Å². The molecule has 0 aliphatic carbocycles. The first-order chi connectivity index (χ1) is 9.13. The number of rotatable bonds is 0. The van der Waals surface area contributed by atoms with Crippen LogP contribution < -0.4 is 0 Å². The fourth-order valence-corrected chi connectivity index (χ4v) is 2.71. The summed E-state index contributed by atoms with van der Waals surface area (Å²) in [4.78, 5) is 9.31. The molecule has 2 aromatic heterocycles. The van der Waals surface area contributed by atoms with Crippen LogP contribution >= 0.6 is 11.7 Å². The zero-order valence-electron chi connectivity index (χ0n) is 11.2. The molecule has 0 spiro atoms. The highest BCUT2D eigenvalue weighted by Crippen LogP contribution is 2.29. The molecular formula is C14H12N4S. The van der Waals surface area contributed by atoms with Gasteiger partial charge in [0.15, 0.2) is 0 Å². The summed E-state index contributed by atoms with van der Waals surface area (Å²) >= 11 is 1.20. The van der Waals surface area contributed by atoms with Crippen LogP contribution in [0.25, 0.3) is 22.1 Å². The Labute approximate surface area is 115 Å². The van der Waals surface area contributed by atoms with Crippen molar-refractivity contribution in [2.75, 3.05) is 0 Å². The number of aromatic nitrogens is 4. The molecule has 1 aromatic carbocycles. The molecule has 19 heavy (non-hydrogen) atoms. The second-order valence-corrected chi connectivity index (χ2v) is 4.96. The smallest absolute Gasteiger partial charge is 0.123 e. The summed E-state index contributed by atoms with van der Waals surface area (Å²) in [6.45, 7) is 7.75. The number of hydrogen-bond acceptors (Lipinski definition) is 5. The lowest BCUT2D eigenvalue weighted by molar-refractivity contribution is 1.10. The predicted molar refractivity (Wildman–Crippen MR) is 77.3 cm³/mol. The van der Waals surface area contributed by atoms with Crippen LogP contribution in [0.4, 0.5) is 0 Å². The molecule has 0 atom stereocenters. The Morgan fingerprint density at radius 3 is 2.16 bits per heavy atom. The van der Waals surface area contributed by atoms with Gasteiger partial charge in [0.25, 0.3) is 0 Å². The van der Waals surface area contributed by atoms with Crippen molar-refractivity contribution >= 4 is 33.8 Å². The minimum Gasteiger partial charge on any atom is -0.249 e. The molecule has 3 rings (SSSR count). The van der Waals surface area contributed by atoms with E-state index in [0.717, 1.165) is 44.6 Å². The molecule has 0 aliphatic rings. The normalized spacial score (nSPS) is 10.7. The molecule has 0 N–H and O–H groups in total. The Balaban J connectivity index is 2.64. The molecule has 94 valence electrons. The lowest BCUT2D eigenvalue weighted by Crippen LogP contribution is -1.99. The average molecular weight is 268 g/mol. The molecule has 0 aliphatic heterocycles. The highest BCUT2D eigenvalue weighted by Gasteiger charge is 2.16. The fourth-order valence-electron chi connectivity index (χ4n) is 2.11. The van der Waals surface area contributed by atoms with E-state index in [4.69, 9.17) is 0 Å². The SMILES string of the molecule is CC#Cc1c2nsnc2c(C)c2nc(C)c(C)nc12. The Bertz CT molecular complexity index is 868. The summed E-state index contributed by atoms with van der Waals surface area (Å²) in [5.74, 6) is 6.04. The van der Waals surface area contributed by atoms with E-state index < -0.39 is 0 Å². The summed E-state index contributed by atoms with van der Waals surface area (Å²) < 4.78 is 8.72. The first-order valence-electron chi connectivity index (χ1n) is 5.96. The average Bonchev–Trinajstić information content (AvgIpc) is 2.86. The van der Waals surface area contributed by atoms with Crippen molar-refractivity contribution in [1.29, 1.82) is 0 Å². The highest BCUT2D eigenvalue weighted by molar-refractivity contribution is 7.00. The second-order valence-electron chi connectivity index (χ2n) is 4.43. The van der Waals surface area contributed by atoms with E-state index in [1.54, 1.807) is 0 Å². The van der Waals surface area contributed by atoms with Gasteiger partial charge in [-0.25, -0.2) is 9.97 Å². The van der Waals surface area contributed by atoms with E-state index in [2.05, 4.69) is 30.6 Å². The van der Waals surface area contributed by atoms with Crippen LogP contribution in [-0.2, 0) is 0 Å². The Hall–Kier alpha value is -2.06. The lowest BCUT2D eigenvalue weighted by atomic mass is 10.1. The van der Waals surface area contributed by atoms with Crippen molar-refractivity contribution in [3.05, 3.63) is 22.5 Å². The number of hydrogen-bond donors (Lipinski definition) is 0. The highest BCUT2D eigenvalue weighted by atomic mass is 32.1. The maximum atomic E-state index is 4.66. The van der Waals surface area contributed by atoms with Gasteiger partial charge in [0, 0.05) is 5.56 Å². The van der Waals surface area contributed by atoms with Crippen LogP contribution in [0.15, 0.2) is 0 Å². The Morgan fingerprint density at radius 2 is 1.47 bits per heavy atom. The molecule has 0 saturated carbocycles. The first kappa shape index (κ1) is 12.0. The number of nitrogens with zero attached hydrogens (tertiary/aromatic N) is 4. The van der Waals surface area contributed by atoms with Gasteiger partial charge in [-0.2, -0.15) is 8.75 Å². The van der Waals surface area contributed by atoms with E-state index in [9.17, 15) is 0 Å². The van der Waals surface area contributed by atoms with Gasteiger partial charge < -0.3 is 0 Å². The Morgan fingerprint density at radius 1 is 0.842 bits per heavy atom.